The first kappa shape index (κ1) is 23.7. The topological polar surface area (TPSA) is 116 Å². The van der Waals surface area contributed by atoms with Crippen molar-refractivity contribution in [1.29, 1.82) is 0 Å². The molecule has 0 radical (unpaired) electrons. The third kappa shape index (κ3) is 9.03. The van der Waals surface area contributed by atoms with Gasteiger partial charge in [0, 0.05) is 6.61 Å². The lowest BCUT2D eigenvalue weighted by molar-refractivity contribution is -0.136. The average molecular weight is 382 g/mol. The number of ether oxygens (including phenoxy) is 6. The second-order valence-corrected chi connectivity index (χ2v) is 5.81. The molecule has 9 heteroatoms. The molecule has 9 nitrogen and oxygen atoms in total. The van der Waals surface area contributed by atoms with Crippen LogP contribution in [0.1, 0.15) is 13.3 Å². The largest absolute Gasteiger partial charge is 0.394 e. The monoisotopic (exact) mass is 382 g/mol. The standard InChI is InChI=1S/C17H34O9/c1-2-6-21-10-11-22-12-14(23-7-3-18)17-16(25-9-5-20)15(13-26-17)24-8-4-19/h14-20H,2-13H2,1H3/t14?,15-,16+,17-/m1/s1. The molecule has 0 aromatic heterocycles. The zero-order chi connectivity index (χ0) is 19.0. The van der Waals surface area contributed by atoms with Crippen molar-refractivity contribution in [3.8, 4) is 0 Å². The van der Waals surface area contributed by atoms with E-state index in [4.69, 9.17) is 43.7 Å². The summed E-state index contributed by atoms with van der Waals surface area (Å²) in [5.74, 6) is 0. The fourth-order valence-corrected chi connectivity index (χ4v) is 2.67. The van der Waals surface area contributed by atoms with E-state index in [2.05, 4.69) is 0 Å². The normalized spacial score (nSPS) is 24.2. The van der Waals surface area contributed by atoms with Gasteiger partial charge in [-0.25, -0.2) is 0 Å². The molecular weight excluding hydrogens is 348 g/mol. The van der Waals surface area contributed by atoms with Crippen LogP contribution in [0, 0.1) is 0 Å². The van der Waals surface area contributed by atoms with Gasteiger partial charge in [0.1, 0.15) is 24.4 Å². The van der Waals surface area contributed by atoms with Crippen molar-refractivity contribution in [3.05, 3.63) is 0 Å². The highest BCUT2D eigenvalue weighted by molar-refractivity contribution is 4.91. The summed E-state index contributed by atoms with van der Waals surface area (Å²) in [6.45, 7) is 4.34. The predicted octanol–water partition coefficient (Wildman–Crippen LogP) is -1.04. The van der Waals surface area contributed by atoms with E-state index in [1.807, 2.05) is 6.92 Å². The summed E-state index contributed by atoms with van der Waals surface area (Å²) < 4.78 is 33.7. The minimum Gasteiger partial charge on any atom is -0.394 e. The second kappa shape index (κ2) is 15.7. The predicted molar refractivity (Wildman–Crippen MR) is 92.1 cm³/mol. The Hall–Kier alpha value is -0.360. The third-order valence-electron chi connectivity index (χ3n) is 3.76. The van der Waals surface area contributed by atoms with Crippen LogP contribution in [-0.2, 0) is 28.4 Å². The SMILES string of the molecule is CCCOCCOCC(OCCO)[C@H]1OC[C@@H](OCCO)[C@@H]1OCCO. The van der Waals surface area contributed by atoms with Crippen LogP contribution in [0.25, 0.3) is 0 Å². The second-order valence-electron chi connectivity index (χ2n) is 5.81. The summed E-state index contributed by atoms with van der Waals surface area (Å²) in [4.78, 5) is 0. The highest BCUT2D eigenvalue weighted by atomic mass is 16.6. The van der Waals surface area contributed by atoms with Crippen LogP contribution in [0.4, 0.5) is 0 Å². The molecule has 0 aliphatic carbocycles. The molecule has 1 rings (SSSR count). The van der Waals surface area contributed by atoms with E-state index in [1.165, 1.54) is 0 Å². The molecule has 26 heavy (non-hydrogen) atoms. The summed E-state index contributed by atoms with van der Waals surface area (Å²) in [6, 6.07) is 0. The Morgan fingerprint density at radius 3 is 2.27 bits per heavy atom. The molecule has 0 bridgehead atoms. The molecule has 3 N–H and O–H groups in total. The first-order chi connectivity index (χ1) is 12.8. The Morgan fingerprint density at radius 2 is 1.58 bits per heavy atom. The minimum absolute atomic E-state index is 0.0980. The summed E-state index contributed by atoms with van der Waals surface area (Å²) in [7, 11) is 0. The van der Waals surface area contributed by atoms with Crippen molar-refractivity contribution in [2.75, 3.05) is 72.7 Å². The Kier molecular flexibility index (Phi) is 14.3. The molecule has 1 aliphatic rings. The van der Waals surface area contributed by atoms with Gasteiger partial charge < -0.3 is 43.7 Å². The van der Waals surface area contributed by atoms with E-state index in [-0.39, 0.29) is 52.4 Å². The van der Waals surface area contributed by atoms with Gasteiger partial charge in [-0.3, -0.25) is 0 Å². The van der Waals surface area contributed by atoms with Crippen LogP contribution < -0.4 is 0 Å². The third-order valence-corrected chi connectivity index (χ3v) is 3.76. The summed E-state index contributed by atoms with van der Waals surface area (Å²) in [5.41, 5.74) is 0. The maximum atomic E-state index is 9.06. The van der Waals surface area contributed by atoms with Gasteiger partial charge in [0.15, 0.2) is 0 Å². The Bertz CT molecular complexity index is 319. The molecule has 1 unspecified atom stereocenters. The molecule has 1 saturated heterocycles. The van der Waals surface area contributed by atoms with Gasteiger partial charge >= 0.3 is 0 Å². The number of aliphatic hydroxyl groups excluding tert-OH is 3. The van der Waals surface area contributed by atoms with Crippen LogP contribution in [0.3, 0.4) is 0 Å². The molecule has 1 heterocycles. The Labute approximate surface area is 155 Å². The van der Waals surface area contributed by atoms with E-state index in [9.17, 15) is 0 Å². The van der Waals surface area contributed by atoms with E-state index in [1.54, 1.807) is 0 Å². The fourth-order valence-electron chi connectivity index (χ4n) is 2.67. The lowest BCUT2D eigenvalue weighted by atomic mass is 10.1. The number of aliphatic hydroxyl groups is 3. The van der Waals surface area contributed by atoms with E-state index in [0.717, 1.165) is 6.42 Å². The molecule has 156 valence electrons. The van der Waals surface area contributed by atoms with Gasteiger partial charge in [-0.2, -0.15) is 0 Å². The smallest absolute Gasteiger partial charge is 0.115 e. The van der Waals surface area contributed by atoms with Gasteiger partial charge in [-0.05, 0) is 6.42 Å². The Balaban J connectivity index is 2.56. The van der Waals surface area contributed by atoms with Gasteiger partial charge in [-0.15, -0.1) is 0 Å². The summed E-state index contributed by atoms with van der Waals surface area (Å²) in [6.07, 6.45) is -0.797. The quantitative estimate of drug-likeness (QED) is 0.271. The van der Waals surface area contributed by atoms with E-state index < -0.39 is 18.3 Å². The molecule has 4 atom stereocenters. The zero-order valence-corrected chi connectivity index (χ0v) is 15.6. The van der Waals surface area contributed by atoms with Crippen molar-refractivity contribution in [3.63, 3.8) is 0 Å². The lowest BCUT2D eigenvalue weighted by Gasteiger charge is -2.29. The molecule has 0 aromatic carbocycles. The van der Waals surface area contributed by atoms with Crippen molar-refractivity contribution in [1.82, 2.24) is 0 Å². The van der Waals surface area contributed by atoms with Gasteiger partial charge in [0.2, 0.25) is 0 Å². The highest BCUT2D eigenvalue weighted by Crippen LogP contribution is 2.25. The molecule has 1 fully saturated rings. The van der Waals surface area contributed by atoms with Crippen LogP contribution >= 0.6 is 0 Å². The number of hydrogen-bond donors (Lipinski definition) is 3. The van der Waals surface area contributed by atoms with E-state index >= 15 is 0 Å². The lowest BCUT2D eigenvalue weighted by Crippen LogP contribution is -2.45. The maximum absolute atomic E-state index is 9.06. The number of rotatable bonds is 17. The van der Waals surface area contributed by atoms with Gasteiger partial charge in [-0.1, -0.05) is 6.92 Å². The van der Waals surface area contributed by atoms with Crippen molar-refractivity contribution in [2.24, 2.45) is 0 Å². The minimum atomic E-state index is -0.464. The molecule has 1 aliphatic heterocycles. The molecule has 0 amide bonds. The number of hydrogen-bond acceptors (Lipinski definition) is 9. The van der Waals surface area contributed by atoms with Gasteiger partial charge in [0.25, 0.3) is 0 Å². The highest BCUT2D eigenvalue weighted by Gasteiger charge is 2.43. The molecule has 0 saturated carbocycles. The van der Waals surface area contributed by atoms with Crippen LogP contribution in [0.15, 0.2) is 0 Å². The van der Waals surface area contributed by atoms with Crippen LogP contribution in [0.5, 0.6) is 0 Å². The first-order valence-electron chi connectivity index (χ1n) is 9.22. The van der Waals surface area contributed by atoms with Crippen LogP contribution in [-0.4, -0.2) is 112 Å². The summed E-state index contributed by atoms with van der Waals surface area (Å²) in [5, 5.41) is 27.1. The zero-order valence-electron chi connectivity index (χ0n) is 15.6. The van der Waals surface area contributed by atoms with Gasteiger partial charge in [0.05, 0.1) is 66.1 Å². The molecular formula is C17H34O9. The van der Waals surface area contributed by atoms with Crippen LogP contribution in [0.2, 0.25) is 0 Å². The first-order valence-corrected chi connectivity index (χ1v) is 9.22. The Morgan fingerprint density at radius 1 is 0.885 bits per heavy atom. The molecule has 0 aromatic rings. The average Bonchev–Trinajstić information content (AvgIpc) is 3.06. The summed E-state index contributed by atoms with van der Waals surface area (Å²) >= 11 is 0. The van der Waals surface area contributed by atoms with Crippen molar-refractivity contribution < 1.29 is 43.7 Å². The van der Waals surface area contributed by atoms with E-state index in [0.29, 0.717) is 26.4 Å². The fraction of sp³-hybridized carbons (Fsp3) is 1.00. The van der Waals surface area contributed by atoms with Crippen molar-refractivity contribution in [2.45, 2.75) is 37.8 Å². The van der Waals surface area contributed by atoms with Crippen molar-refractivity contribution >= 4 is 0 Å². The maximum Gasteiger partial charge on any atom is 0.115 e. The molecule has 0 spiro atoms.